The molecule has 0 bridgehead atoms. The van der Waals surface area contributed by atoms with Crippen molar-refractivity contribution in [2.24, 2.45) is 10.4 Å². The average Bonchev–Trinajstić information content (AvgIpc) is 2.88. The Kier molecular flexibility index (Phi) is 7.12. The van der Waals surface area contributed by atoms with Crippen molar-refractivity contribution in [3.63, 3.8) is 0 Å². The summed E-state index contributed by atoms with van der Waals surface area (Å²) in [6.45, 7) is 9.62. The van der Waals surface area contributed by atoms with Gasteiger partial charge in [-0.1, -0.05) is 20.8 Å². The highest BCUT2D eigenvalue weighted by atomic mass is 15.3. The van der Waals surface area contributed by atoms with Gasteiger partial charge in [-0.3, -0.25) is 9.67 Å². The molecule has 0 saturated heterocycles. The zero-order valence-electron chi connectivity index (χ0n) is 13.3. The Labute approximate surface area is 122 Å². The van der Waals surface area contributed by atoms with Crippen LogP contribution in [-0.4, -0.2) is 35.9 Å². The molecule has 1 aromatic heterocycles. The monoisotopic (exact) mass is 279 g/mol. The van der Waals surface area contributed by atoms with Crippen molar-refractivity contribution in [2.75, 3.05) is 20.1 Å². The molecule has 0 amide bonds. The maximum Gasteiger partial charge on any atom is 0.190 e. The Morgan fingerprint density at radius 1 is 1.20 bits per heavy atom. The lowest BCUT2D eigenvalue weighted by molar-refractivity contribution is 0.365. The molecule has 20 heavy (non-hydrogen) atoms. The third-order valence-electron chi connectivity index (χ3n) is 3.04. The second-order valence-electron chi connectivity index (χ2n) is 6.21. The van der Waals surface area contributed by atoms with Crippen molar-refractivity contribution in [3.8, 4) is 0 Å². The second-order valence-corrected chi connectivity index (χ2v) is 6.21. The number of hydrogen-bond donors (Lipinski definition) is 2. The van der Waals surface area contributed by atoms with Gasteiger partial charge in [0.05, 0.1) is 0 Å². The van der Waals surface area contributed by atoms with E-state index >= 15 is 0 Å². The number of guanidine groups is 1. The highest BCUT2D eigenvalue weighted by molar-refractivity contribution is 5.79. The molecule has 1 rings (SSSR count). The van der Waals surface area contributed by atoms with E-state index in [-0.39, 0.29) is 0 Å². The molecule has 0 unspecified atom stereocenters. The van der Waals surface area contributed by atoms with Gasteiger partial charge in [0.25, 0.3) is 0 Å². The van der Waals surface area contributed by atoms with Crippen molar-refractivity contribution in [2.45, 2.75) is 46.6 Å². The van der Waals surface area contributed by atoms with Crippen molar-refractivity contribution in [3.05, 3.63) is 18.5 Å². The third kappa shape index (κ3) is 7.81. The van der Waals surface area contributed by atoms with E-state index < -0.39 is 0 Å². The molecule has 0 fully saturated rings. The molecule has 0 aliphatic rings. The Hall–Kier alpha value is -1.52. The lowest BCUT2D eigenvalue weighted by atomic mass is 9.91. The molecule has 0 spiro atoms. The van der Waals surface area contributed by atoms with Crippen LogP contribution in [0, 0.1) is 5.41 Å². The molecular weight excluding hydrogens is 250 g/mol. The summed E-state index contributed by atoms with van der Waals surface area (Å²) in [5.74, 6) is 0.888. The minimum atomic E-state index is 0.405. The minimum absolute atomic E-state index is 0.405. The van der Waals surface area contributed by atoms with Crippen molar-refractivity contribution in [1.29, 1.82) is 0 Å². The summed E-state index contributed by atoms with van der Waals surface area (Å²) in [4.78, 5) is 4.23. The van der Waals surface area contributed by atoms with Crippen LogP contribution in [0.15, 0.2) is 23.5 Å². The van der Waals surface area contributed by atoms with E-state index in [4.69, 9.17) is 0 Å². The van der Waals surface area contributed by atoms with Gasteiger partial charge in [-0.15, -0.1) is 0 Å². The van der Waals surface area contributed by atoms with Crippen LogP contribution in [0.4, 0.5) is 0 Å². The van der Waals surface area contributed by atoms with Crippen LogP contribution in [-0.2, 0) is 6.54 Å². The Bertz CT molecular complexity index is 375. The summed E-state index contributed by atoms with van der Waals surface area (Å²) in [7, 11) is 1.81. The molecule has 0 aliphatic heterocycles. The average molecular weight is 279 g/mol. The maximum atomic E-state index is 4.23. The number of aryl methyl sites for hydroxylation is 1. The van der Waals surface area contributed by atoms with E-state index in [9.17, 15) is 0 Å². The molecule has 0 atom stereocenters. The lowest BCUT2D eigenvalue weighted by Gasteiger charge is -2.18. The summed E-state index contributed by atoms with van der Waals surface area (Å²) in [5, 5.41) is 10.9. The van der Waals surface area contributed by atoms with E-state index in [1.54, 1.807) is 0 Å². The number of nitrogens with one attached hydrogen (secondary N) is 2. The molecule has 5 nitrogen and oxygen atoms in total. The van der Waals surface area contributed by atoms with Crippen LogP contribution in [0.1, 0.15) is 40.0 Å². The molecule has 0 aromatic carbocycles. The Morgan fingerprint density at radius 2 is 1.90 bits per heavy atom. The SMILES string of the molecule is CN=C(NCCCn1cccn1)NCCCC(C)(C)C. The predicted molar refractivity (Wildman–Crippen MR) is 84.9 cm³/mol. The first kappa shape index (κ1) is 16.5. The van der Waals surface area contributed by atoms with Gasteiger partial charge in [0.2, 0.25) is 0 Å². The van der Waals surface area contributed by atoms with E-state index in [2.05, 4.69) is 41.5 Å². The van der Waals surface area contributed by atoms with Crippen LogP contribution in [0.5, 0.6) is 0 Å². The Balaban J connectivity index is 2.08. The fourth-order valence-corrected chi connectivity index (χ4v) is 1.93. The largest absolute Gasteiger partial charge is 0.356 e. The quantitative estimate of drug-likeness (QED) is 0.457. The summed E-state index contributed by atoms with van der Waals surface area (Å²) in [6, 6.07) is 1.95. The first-order valence-corrected chi connectivity index (χ1v) is 7.43. The number of aliphatic imine (C=N–C) groups is 1. The zero-order chi connectivity index (χ0) is 14.8. The van der Waals surface area contributed by atoms with Crippen molar-refractivity contribution >= 4 is 5.96 Å². The van der Waals surface area contributed by atoms with Gasteiger partial charge in [-0.2, -0.15) is 5.10 Å². The standard InChI is InChI=1S/C15H29N5/c1-15(2,3)8-5-9-17-14(16-4)18-10-6-12-20-13-7-11-19-20/h7,11,13H,5-6,8-10,12H2,1-4H3,(H2,16,17,18). The highest BCUT2D eigenvalue weighted by Crippen LogP contribution is 2.19. The third-order valence-corrected chi connectivity index (χ3v) is 3.04. The topological polar surface area (TPSA) is 54.2 Å². The summed E-state index contributed by atoms with van der Waals surface area (Å²) >= 11 is 0. The summed E-state index contributed by atoms with van der Waals surface area (Å²) in [6.07, 6.45) is 7.21. The number of rotatable bonds is 7. The van der Waals surface area contributed by atoms with Crippen LogP contribution in [0.3, 0.4) is 0 Å². The van der Waals surface area contributed by atoms with Crippen molar-refractivity contribution < 1.29 is 0 Å². The van der Waals surface area contributed by atoms with E-state index in [0.717, 1.165) is 38.4 Å². The van der Waals surface area contributed by atoms with Gasteiger partial charge in [0.1, 0.15) is 0 Å². The zero-order valence-corrected chi connectivity index (χ0v) is 13.3. The second kappa shape index (κ2) is 8.61. The van der Waals surface area contributed by atoms with Gasteiger partial charge in [-0.05, 0) is 30.7 Å². The Morgan fingerprint density at radius 3 is 2.45 bits per heavy atom. The van der Waals surface area contributed by atoms with Crippen LogP contribution < -0.4 is 10.6 Å². The lowest BCUT2D eigenvalue weighted by Crippen LogP contribution is -2.38. The fraction of sp³-hybridized carbons (Fsp3) is 0.733. The summed E-state index contributed by atoms with van der Waals surface area (Å²) in [5.41, 5.74) is 0.405. The van der Waals surface area contributed by atoms with Crippen LogP contribution in [0.25, 0.3) is 0 Å². The van der Waals surface area contributed by atoms with Gasteiger partial charge in [-0.25, -0.2) is 0 Å². The predicted octanol–water partition coefficient (Wildman–Crippen LogP) is 2.26. The minimum Gasteiger partial charge on any atom is -0.356 e. The smallest absolute Gasteiger partial charge is 0.190 e. The van der Waals surface area contributed by atoms with Crippen LogP contribution >= 0.6 is 0 Å². The molecule has 1 heterocycles. The normalized spacial score (nSPS) is 12.5. The highest BCUT2D eigenvalue weighted by Gasteiger charge is 2.08. The maximum absolute atomic E-state index is 4.23. The first-order valence-electron chi connectivity index (χ1n) is 7.43. The number of aromatic nitrogens is 2. The van der Waals surface area contributed by atoms with Gasteiger partial charge in [0.15, 0.2) is 5.96 Å². The number of nitrogens with zero attached hydrogens (tertiary/aromatic N) is 3. The molecule has 0 aliphatic carbocycles. The molecule has 5 heteroatoms. The first-order chi connectivity index (χ1) is 9.51. The van der Waals surface area contributed by atoms with Crippen molar-refractivity contribution in [1.82, 2.24) is 20.4 Å². The molecule has 114 valence electrons. The molecule has 2 N–H and O–H groups in total. The fourth-order valence-electron chi connectivity index (χ4n) is 1.93. The van der Waals surface area contributed by atoms with Gasteiger partial charge >= 0.3 is 0 Å². The van der Waals surface area contributed by atoms with Gasteiger partial charge < -0.3 is 10.6 Å². The molecule has 0 saturated carbocycles. The summed E-state index contributed by atoms with van der Waals surface area (Å²) < 4.78 is 1.95. The van der Waals surface area contributed by atoms with E-state index in [1.807, 2.05) is 30.2 Å². The van der Waals surface area contributed by atoms with E-state index in [0.29, 0.717) is 5.41 Å². The molecular formula is C15H29N5. The number of hydrogen-bond acceptors (Lipinski definition) is 2. The molecule has 0 radical (unpaired) electrons. The van der Waals surface area contributed by atoms with Gasteiger partial charge in [0, 0.05) is 39.1 Å². The van der Waals surface area contributed by atoms with Crippen LogP contribution in [0.2, 0.25) is 0 Å². The van der Waals surface area contributed by atoms with E-state index in [1.165, 1.54) is 6.42 Å². The molecule has 1 aromatic rings.